The third kappa shape index (κ3) is 2.49. The fourth-order valence-corrected chi connectivity index (χ4v) is 2.09. The number of hydrogen-bond donors (Lipinski definition) is 0. The second kappa shape index (κ2) is 5.96. The largest absolute Gasteiger partial charge is 0.496 e. The number of fused-ring (bicyclic) bond motifs is 1. The number of hydrogen-bond acceptors (Lipinski definition) is 5. The van der Waals surface area contributed by atoms with Gasteiger partial charge in [0.05, 0.1) is 36.8 Å². The molecule has 0 aliphatic heterocycles. The number of aromatic nitrogens is 1. The molecule has 20 heavy (non-hydrogen) atoms. The van der Waals surface area contributed by atoms with Gasteiger partial charge in [-0.2, -0.15) is 0 Å². The Morgan fingerprint density at radius 3 is 2.65 bits per heavy atom. The average Bonchev–Trinajstić information content (AvgIpc) is 2.47. The van der Waals surface area contributed by atoms with Crippen LogP contribution < -0.4 is 9.47 Å². The highest BCUT2D eigenvalue weighted by molar-refractivity contribution is 6.35. The summed E-state index contributed by atoms with van der Waals surface area (Å²) >= 11 is 6.15. The van der Waals surface area contributed by atoms with E-state index in [0.717, 1.165) is 0 Å². The molecule has 0 bridgehead atoms. The molecule has 0 saturated heterocycles. The molecular weight excluding hydrogens is 282 g/mol. The summed E-state index contributed by atoms with van der Waals surface area (Å²) in [6, 6.07) is 4.91. The zero-order valence-electron chi connectivity index (χ0n) is 11.4. The number of benzene rings is 1. The van der Waals surface area contributed by atoms with Crippen molar-refractivity contribution in [3.8, 4) is 11.5 Å². The lowest BCUT2D eigenvalue weighted by molar-refractivity contribution is 0.0594. The number of carbonyl (C=O) groups is 1. The summed E-state index contributed by atoms with van der Waals surface area (Å²) in [5, 5.41) is 1.04. The quantitative estimate of drug-likeness (QED) is 0.811. The first-order valence-corrected chi connectivity index (χ1v) is 6.38. The van der Waals surface area contributed by atoms with Crippen LogP contribution in [0.25, 0.3) is 10.9 Å². The summed E-state index contributed by atoms with van der Waals surface area (Å²) in [7, 11) is 2.84. The van der Waals surface area contributed by atoms with Crippen molar-refractivity contribution in [2.75, 3.05) is 20.8 Å². The van der Waals surface area contributed by atoms with Gasteiger partial charge in [-0.15, -0.1) is 0 Å². The molecular formula is C14H14ClNO4. The number of halogens is 1. The van der Waals surface area contributed by atoms with E-state index in [-0.39, 0.29) is 5.69 Å². The van der Waals surface area contributed by atoms with Crippen LogP contribution in [0.5, 0.6) is 11.5 Å². The maximum absolute atomic E-state index is 11.7. The summed E-state index contributed by atoms with van der Waals surface area (Å²) in [4.78, 5) is 15.9. The molecule has 6 heteroatoms. The molecule has 0 amide bonds. The van der Waals surface area contributed by atoms with Crippen molar-refractivity contribution in [1.29, 1.82) is 0 Å². The van der Waals surface area contributed by atoms with Crippen LogP contribution in [0.15, 0.2) is 18.2 Å². The van der Waals surface area contributed by atoms with Crippen LogP contribution in [-0.2, 0) is 4.74 Å². The van der Waals surface area contributed by atoms with Crippen molar-refractivity contribution in [3.63, 3.8) is 0 Å². The summed E-state index contributed by atoms with van der Waals surface area (Å²) in [5.41, 5.74) is 0.580. The number of ether oxygens (including phenoxy) is 3. The average molecular weight is 296 g/mol. The predicted octanol–water partition coefficient (Wildman–Crippen LogP) is 3.08. The molecule has 0 saturated carbocycles. The lowest BCUT2D eigenvalue weighted by Gasteiger charge is -2.13. The summed E-state index contributed by atoms with van der Waals surface area (Å²) < 4.78 is 15.6. The van der Waals surface area contributed by atoms with E-state index in [0.29, 0.717) is 34.0 Å². The van der Waals surface area contributed by atoms with E-state index in [2.05, 4.69) is 9.72 Å². The molecule has 0 N–H and O–H groups in total. The standard InChI is InChI=1S/C14H14ClNO4/c1-4-20-11-7-9(14(17)19-3)16-13-8(15)5-6-10(18-2)12(11)13/h5-7H,4H2,1-3H3. The Morgan fingerprint density at radius 1 is 1.30 bits per heavy atom. The van der Waals surface area contributed by atoms with Gasteiger partial charge in [-0.1, -0.05) is 11.6 Å². The normalized spacial score (nSPS) is 10.4. The summed E-state index contributed by atoms with van der Waals surface area (Å²) in [5.74, 6) is 0.515. The van der Waals surface area contributed by atoms with Crippen LogP contribution in [0.2, 0.25) is 5.02 Å². The molecule has 0 aliphatic carbocycles. The summed E-state index contributed by atoms with van der Waals surface area (Å²) in [6.07, 6.45) is 0. The Kier molecular flexibility index (Phi) is 4.29. The smallest absolute Gasteiger partial charge is 0.356 e. The van der Waals surface area contributed by atoms with Crippen molar-refractivity contribution in [2.45, 2.75) is 6.92 Å². The number of esters is 1. The third-order valence-electron chi connectivity index (χ3n) is 2.75. The Balaban J connectivity index is 2.80. The van der Waals surface area contributed by atoms with E-state index in [9.17, 15) is 4.79 Å². The second-order valence-electron chi connectivity index (χ2n) is 3.90. The van der Waals surface area contributed by atoms with E-state index >= 15 is 0 Å². The first kappa shape index (κ1) is 14.4. The highest BCUT2D eigenvalue weighted by Crippen LogP contribution is 2.37. The molecule has 1 aromatic carbocycles. The molecule has 1 aromatic heterocycles. The number of pyridine rings is 1. The number of methoxy groups -OCH3 is 2. The second-order valence-corrected chi connectivity index (χ2v) is 4.31. The molecule has 106 valence electrons. The Bertz CT molecular complexity index is 657. The van der Waals surface area contributed by atoms with Crippen molar-refractivity contribution >= 4 is 28.5 Å². The zero-order valence-corrected chi connectivity index (χ0v) is 12.2. The molecule has 0 atom stereocenters. The minimum atomic E-state index is -0.549. The van der Waals surface area contributed by atoms with Gasteiger partial charge in [0.1, 0.15) is 11.5 Å². The first-order valence-electron chi connectivity index (χ1n) is 6.00. The van der Waals surface area contributed by atoms with Gasteiger partial charge in [0.15, 0.2) is 5.69 Å². The van der Waals surface area contributed by atoms with Crippen LogP contribution >= 0.6 is 11.6 Å². The molecule has 0 unspecified atom stereocenters. The van der Waals surface area contributed by atoms with Gasteiger partial charge >= 0.3 is 5.97 Å². The monoisotopic (exact) mass is 295 g/mol. The maximum atomic E-state index is 11.7. The van der Waals surface area contributed by atoms with Gasteiger partial charge in [-0.05, 0) is 19.1 Å². The minimum Gasteiger partial charge on any atom is -0.496 e. The number of rotatable bonds is 4. The summed E-state index contributed by atoms with van der Waals surface area (Å²) in [6.45, 7) is 2.29. The molecule has 0 fully saturated rings. The molecule has 2 rings (SSSR count). The SMILES string of the molecule is CCOc1cc(C(=O)OC)nc2c(Cl)ccc(OC)c12. The van der Waals surface area contributed by atoms with Crippen LogP contribution in [0.4, 0.5) is 0 Å². The molecule has 5 nitrogen and oxygen atoms in total. The highest BCUT2D eigenvalue weighted by Gasteiger charge is 2.18. The first-order chi connectivity index (χ1) is 9.62. The maximum Gasteiger partial charge on any atom is 0.356 e. The third-order valence-corrected chi connectivity index (χ3v) is 3.06. The van der Waals surface area contributed by atoms with Gasteiger partial charge in [0.2, 0.25) is 0 Å². The minimum absolute atomic E-state index is 0.138. The highest BCUT2D eigenvalue weighted by atomic mass is 35.5. The van der Waals surface area contributed by atoms with E-state index in [1.807, 2.05) is 6.92 Å². The molecule has 0 aliphatic rings. The topological polar surface area (TPSA) is 57.7 Å². The van der Waals surface area contributed by atoms with Crippen molar-refractivity contribution in [2.24, 2.45) is 0 Å². The van der Waals surface area contributed by atoms with Crippen LogP contribution in [-0.4, -0.2) is 31.8 Å². The van der Waals surface area contributed by atoms with E-state index in [4.69, 9.17) is 21.1 Å². The molecule has 0 spiro atoms. The van der Waals surface area contributed by atoms with Crippen LogP contribution in [0.1, 0.15) is 17.4 Å². The Morgan fingerprint density at radius 2 is 2.05 bits per heavy atom. The van der Waals surface area contributed by atoms with E-state index < -0.39 is 5.97 Å². The molecule has 0 radical (unpaired) electrons. The Labute approximate surface area is 121 Å². The van der Waals surface area contributed by atoms with Crippen molar-refractivity contribution < 1.29 is 19.0 Å². The van der Waals surface area contributed by atoms with Gasteiger partial charge in [0, 0.05) is 6.07 Å². The van der Waals surface area contributed by atoms with Gasteiger partial charge in [-0.25, -0.2) is 9.78 Å². The van der Waals surface area contributed by atoms with E-state index in [1.165, 1.54) is 13.2 Å². The fourth-order valence-electron chi connectivity index (χ4n) is 1.89. The molecule has 2 aromatic rings. The van der Waals surface area contributed by atoms with Crippen LogP contribution in [0, 0.1) is 0 Å². The van der Waals surface area contributed by atoms with Crippen molar-refractivity contribution in [1.82, 2.24) is 4.98 Å². The Hall–Kier alpha value is -2.01. The fraction of sp³-hybridized carbons (Fsp3) is 0.286. The predicted molar refractivity (Wildman–Crippen MR) is 75.8 cm³/mol. The molecule has 1 heterocycles. The van der Waals surface area contributed by atoms with Crippen molar-refractivity contribution in [3.05, 3.63) is 28.9 Å². The number of carbonyl (C=O) groups excluding carboxylic acids is 1. The van der Waals surface area contributed by atoms with Gasteiger partial charge in [-0.3, -0.25) is 0 Å². The van der Waals surface area contributed by atoms with E-state index in [1.54, 1.807) is 19.2 Å². The van der Waals surface area contributed by atoms with Gasteiger partial charge in [0.25, 0.3) is 0 Å². The lowest BCUT2D eigenvalue weighted by Crippen LogP contribution is -2.06. The zero-order chi connectivity index (χ0) is 14.7. The number of nitrogens with zero attached hydrogens (tertiary/aromatic N) is 1. The van der Waals surface area contributed by atoms with Crippen LogP contribution in [0.3, 0.4) is 0 Å². The van der Waals surface area contributed by atoms with Gasteiger partial charge < -0.3 is 14.2 Å². The lowest BCUT2D eigenvalue weighted by atomic mass is 10.1.